The summed E-state index contributed by atoms with van der Waals surface area (Å²) in [6, 6.07) is 5.50. The van der Waals surface area contributed by atoms with Gasteiger partial charge >= 0.3 is 0 Å². The van der Waals surface area contributed by atoms with Crippen LogP contribution in [0.15, 0.2) is 30.6 Å². The molecule has 0 bridgehead atoms. The number of pyridine rings is 2. The Labute approximate surface area is 171 Å². The highest BCUT2D eigenvalue weighted by molar-refractivity contribution is 6.29. The van der Waals surface area contributed by atoms with E-state index in [0.29, 0.717) is 23.1 Å². The first-order valence-corrected chi connectivity index (χ1v) is 10.1. The Balaban J connectivity index is 1.59. The van der Waals surface area contributed by atoms with Crippen LogP contribution in [0.2, 0.25) is 5.15 Å². The monoisotopic (exact) mass is 401 g/mol. The van der Waals surface area contributed by atoms with Gasteiger partial charge in [0.15, 0.2) is 0 Å². The number of rotatable bonds is 7. The van der Waals surface area contributed by atoms with E-state index in [1.54, 1.807) is 19.2 Å². The molecule has 1 unspecified atom stereocenters. The quantitative estimate of drug-likeness (QED) is 0.420. The molecule has 6 nitrogen and oxygen atoms in total. The summed E-state index contributed by atoms with van der Waals surface area (Å²) in [7, 11) is 0. The Morgan fingerprint density at radius 2 is 2.07 bits per heavy atom. The summed E-state index contributed by atoms with van der Waals surface area (Å²) >= 11 is 5.99. The largest absolute Gasteiger partial charge is 0.390 e. The molecule has 7 heteroatoms. The van der Waals surface area contributed by atoms with E-state index in [9.17, 15) is 0 Å². The minimum Gasteiger partial charge on any atom is -0.390 e. The molecular weight excluding hydrogens is 374 g/mol. The van der Waals surface area contributed by atoms with Crippen LogP contribution < -0.4 is 5.32 Å². The van der Waals surface area contributed by atoms with Crippen molar-refractivity contribution in [2.75, 3.05) is 26.2 Å². The maximum absolute atomic E-state index is 8.12. The minimum atomic E-state index is 0.297. The van der Waals surface area contributed by atoms with Crippen LogP contribution in [0.4, 0.5) is 0 Å². The standard InChI is InChI=1S/C21H28ClN5O/c1-14-12-27(13-15(2)28-14)8-4-7-24-11-18(16(3)23)17-9-20-19(25-10-17)5-6-21(22)26-20/h5-6,9-11,14-15,23-24H,4,7-8,12-13H2,1-3H3/b18-11+,23-16?/t14-,15?/m0/s1. The van der Waals surface area contributed by atoms with Crippen molar-refractivity contribution < 1.29 is 4.74 Å². The zero-order valence-electron chi connectivity index (χ0n) is 16.7. The van der Waals surface area contributed by atoms with E-state index in [1.807, 2.05) is 18.3 Å². The molecule has 2 aromatic rings. The van der Waals surface area contributed by atoms with Crippen LogP contribution in [0.5, 0.6) is 0 Å². The summed E-state index contributed by atoms with van der Waals surface area (Å²) in [6.45, 7) is 9.90. The predicted octanol–water partition coefficient (Wildman–Crippen LogP) is 3.75. The lowest BCUT2D eigenvalue weighted by Crippen LogP contribution is -2.45. The number of morpholine rings is 1. The number of aromatic nitrogens is 2. The second-order valence-corrected chi connectivity index (χ2v) is 7.79. The van der Waals surface area contributed by atoms with Crippen molar-refractivity contribution >= 4 is 33.9 Å². The Bertz CT molecular complexity index is 859. The van der Waals surface area contributed by atoms with Gasteiger partial charge in [-0.15, -0.1) is 0 Å². The fourth-order valence-corrected chi connectivity index (χ4v) is 3.74. The second-order valence-electron chi connectivity index (χ2n) is 7.40. The lowest BCUT2D eigenvalue weighted by Gasteiger charge is -2.35. The van der Waals surface area contributed by atoms with Crippen molar-refractivity contribution in [3.05, 3.63) is 41.3 Å². The number of nitrogens with zero attached hydrogens (tertiary/aromatic N) is 3. The van der Waals surface area contributed by atoms with E-state index >= 15 is 0 Å². The van der Waals surface area contributed by atoms with Crippen LogP contribution in [0.1, 0.15) is 32.8 Å². The van der Waals surface area contributed by atoms with E-state index < -0.39 is 0 Å². The van der Waals surface area contributed by atoms with Crippen molar-refractivity contribution in [3.63, 3.8) is 0 Å². The summed E-state index contributed by atoms with van der Waals surface area (Å²) in [5.74, 6) is 0. The van der Waals surface area contributed by atoms with Crippen LogP contribution in [-0.2, 0) is 4.74 Å². The Hall–Kier alpha value is -2.02. The van der Waals surface area contributed by atoms with Gasteiger partial charge in [-0.05, 0) is 45.4 Å². The molecule has 2 N–H and O–H groups in total. The summed E-state index contributed by atoms with van der Waals surface area (Å²) in [5.41, 5.74) is 3.67. The number of halogens is 1. The van der Waals surface area contributed by atoms with Gasteiger partial charge in [0, 0.05) is 55.4 Å². The highest BCUT2D eigenvalue weighted by atomic mass is 35.5. The van der Waals surface area contributed by atoms with Gasteiger partial charge in [-0.1, -0.05) is 11.6 Å². The van der Waals surface area contributed by atoms with E-state index in [0.717, 1.165) is 54.8 Å². The molecule has 0 saturated carbocycles. The lowest BCUT2D eigenvalue weighted by molar-refractivity contribution is -0.0679. The molecule has 3 heterocycles. The third-order valence-corrected chi connectivity index (χ3v) is 4.97. The Morgan fingerprint density at radius 3 is 2.79 bits per heavy atom. The van der Waals surface area contributed by atoms with Crippen LogP contribution >= 0.6 is 11.6 Å². The second kappa shape index (κ2) is 9.45. The SMILES string of the molecule is CC(=N)/C(=C\NCCCN1CC(C)O[C@@H](C)C1)c1cnc2ccc(Cl)nc2c1. The molecule has 0 spiro atoms. The molecule has 1 fully saturated rings. The molecule has 0 aromatic carbocycles. The molecule has 3 rings (SSSR count). The van der Waals surface area contributed by atoms with Crippen molar-refractivity contribution in [2.24, 2.45) is 0 Å². The minimum absolute atomic E-state index is 0.297. The molecule has 0 radical (unpaired) electrons. The van der Waals surface area contributed by atoms with Crippen LogP contribution in [0.3, 0.4) is 0 Å². The van der Waals surface area contributed by atoms with E-state index in [1.165, 1.54) is 0 Å². The van der Waals surface area contributed by atoms with Gasteiger partial charge in [0.25, 0.3) is 0 Å². The summed E-state index contributed by atoms with van der Waals surface area (Å²) < 4.78 is 5.78. The van der Waals surface area contributed by atoms with Gasteiger partial charge in [0.2, 0.25) is 0 Å². The van der Waals surface area contributed by atoms with Crippen molar-refractivity contribution in [3.8, 4) is 0 Å². The first-order chi connectivity index (χ1) is 13.4. The lowest BCUT2D eigenvalue weighted by atomic mass is 10.0. The van der Waals surface area contributed by atoms with Gasteiger partial charge in [0.1, 0.15) is 5.15 Å². The maximum Gasteiger partial charge on any atom is 0.129 e. The maximum atomic E-state index is 8.12. The molecule has 0 aliphatic carbocycles. The number of fused-ring (bicyclic) bond motifs is 1. The topological polar surface area (TPSA) is 74.1 Å². The van der Waals surface area contributed by atoms with Crippen molar-refractivity contribution in [1.82, 2.24) is 20.2 Å². The van der Waals surface area contributed by atoms with Gasteiger partial charge in [0.05, 0.1) is 23.2 Å². The molecule has 1 aliphatic rings. The fourth-order valence-electron chi connectivity index (χ4n) is 3.58. The predicted molar refractivity (Wildman–Crippen MR) is 115 cm³/mol. The zero-order chi connectivity index (χ0) is 20.1. The number of ether oxygens (including phenoxy) is 1. The summed E-state index contributed by atoms with van der Waals surface area (Å²) in [4.78, 5) is 11.2. The van der Waals surface area contributed by atoms with E-state index in [2.05, 4.69) is 34.0 Å². The third-order valence-electron chi connectivity index (χ3n) is 4.76. The normalized spacial score (nSPS) is 21.1. The van der Waals surface area contributed by atoms with Gasteiger partial charge in [-0.25, -0.2) is 4.98 Å². The number of hydrogen-bond donors (Lipinski definition) is 2. The van der Waals surface area contributed by atoms with Crippen LogP contribution in [0.25, 0.3) is 16.6 Å². The van der Waals surface area contributed by atoms with Crippen molar-refractivity contribution in [1.29, 1.82) is 5.41 Å². The van der Waals surface area contributed by atoms with E-state index in [4.69, 9.17) is 21.7 Å². The molecular formula is C21H28ClN5O. The number of allylic oxidation sites excluding steroid dienone is 1. The molecule has 28 heavy (non-hydrogen) atoms. The van der Waals surface area contributed by atoms with Gasteiger partial charge in [-0.3, -0.25) is 9.88 Å². The van der Waals surface area contributed by atoms with Crippen LogP contribution in [0, 0.1) is 5.41 Å². The summed E-state index contributed by atoms with van der Waals surface area (Å²) in [6.07, 6.45) is 5.31. The number of nitrogens with one attached hydrogen (secondary N) is 2. The molecule has 1 aliphatic heterocycles. The molecule has 0 amide bonds. The molecule has 2 aromatic heterocycles. The van der Waals surface area contributed by atoms with Crippen LogP contribution in [-0.4, -0.2) is 59.0 Å². The fraction of sp³-hybridized carbons (Fsp3) is 0.476. The van der Waals surface area contributed by atoms with Gasteiger partial charge in [-0.2, -0.15) is 0 Å². The Kier molecular flexibility index (Phi) is 6.99. The highest BCUT2D eigenvalue weighted by Gasteiger charge is 2.21. The Morgan fingerprint density at radius 1 is 1.32 bits per heavy atom. The average molecular weight is 402 g/mol. The highest BCUT2D eigenvalue weighted by Crippen LogP contribution is 2.20. The van der Waals surface area contributed by atoms with Gasteiger partial charge < -0.3 is 15.5 Å². The summed E-state index contributed by atoms with van der Waals surface area (Å²) in [5, 5.41) is 11.9. The molecule has 1 saturated heterocycles. The van der Waals surface area contributed by atoms with Crippen molar-refractivity contribution in [2.45, 2.75) is 39.4 Å². The number of hydrogen-bond acceptors (Lipinski definition) is 6. The zero-order valence-corrected chi connectivity index (χ0v) is 17.5. The average Bonchev–Trinajstić information content (AvgIpc) is 2.63. The molecule has 2 atom stereocenters. The first-order valence-electron chi connectivity index (χ1n) is 9.72. The smallest absolute Gasteiger partial charge is 0.129 e. The third kappa shape index (κ3) is 5.50. The molecule has 150 valence electrons. The van der Waals surface area contributed by atoms with E-state index in [-0.39, 0.29) is 0 Å². The first kappa shape index (κ1) is 20.7.